The molecule has 1 aliphatic heterocycles. The van der Waals surface area contributed by atoms with Crippen LogP contribution in [-0.2, 0) is 5.41 Å². The highest BCUT2D eigenvalue weighted by molar-refractivity contribution is 6.21. The number of hydrogen-bond acceptors (Lipinski definition) is 3. The summed E-state index contributed by atoms with van der Waals surface area (Å²) < 4.78 is 13.2. The van der Waals surface area contributed by atoms with E-state index >= 15 is 0 Å². The second-order valence-corrected chi connectivity index (χ2v) is 19.6. The topological polar surface area (TPSA) is 29.5 Å². The van der Waals surface area contributed by atoms with Crippen LogP contribution in [-0.4, -0.2) is 6.54 Å². The van der Waals surface area contributed by atoms with Gasteiger partial charge in [-0.05, 0) is 120 Å². The maximum absolute atomic E-state index is 6.60. The smallest absolute Gasteiger partial charge is 0.143 e. The summed E-state index contributed by atoms with van der Waals surface area (Å²) >= 11 is 0. The predicted octanol–water partition coefficient (Wildman–Crippen LogP) is 18.9. The highest BCUT2D eigenvalue weighted by Gasteiger charge is 2.23. The number of para-hydroxylation sites is 4. The van der Waals surface area contributed by atoms with E-state index in [0.717, 1.165) is 88.7 Å². The largest absolute Gasteiger partial charge is 0.455 e. The summed E-state index contributed by atoms with van der Waals surface area (Å²) in [5, 5.41) is 9.43. The summed E-state index contributed by atoms with van der Waals surface area (Å²) in [5.41, 5.74) is 18.0. The zero-order valence-electron chi connectivity index (χ0n) is 39.5. The average Bonchev–Trinajstić information content (AvgIpc) is 3.99. The molecule has 12 aromatic rings. The molecule has 0 unspecified atom stereocenters. The summed E-state index contributed by atoms with van der Waals surface area (Å²) in [6.45, 7) is 12.3. The predicted molar refractivity (Wildman–Crippen MR) is 297 cm³/mol. The molecule has 3 heteroatoms. The van der Waals surface area contributed by atoms with Crippen LogP contribution in [0.25, 0.3) is 110 Å². The molecule has 1 aliphatic rings. The van der Waals surface area contributed by atoms with Crippen LogP contribution in [0.4, 0.5) is 11.4 Å². The first-order valence-corrected chi connectivity index (χ1v) is 24.2. The lowest BCUT2D eigenvalue weighted by atomic mass is 9.81. The molecule has 0 fully saturated rings. The molecule has 3 heterocycles. The molecule has 0 saturated carbocycles. The minimum absolute atomic E-state index is 0.00483. The van der Waals surface area contributed by atoms with E-state index in [1.165, 1.54) is 49.4 Å². The minimum atomic E-state index is -0.00483. The van der Waals surface area contributed by atoms with Crippen LogP contribution in [0.3, 0.4) is 0 Å². The van der Waals surface area contributed by atoms with Gasteiger partial charge in [-0.15, -0.1) is 0 Å². The molecule has 334 valence electrons. The molecule has 0 N–H and O–H groups in total. The van der Waals surface area contributed by atoms with Gasteiger partial charge in [0.05, 0.1) is 0 Å². The molecular weight excluding hydrogens is 851 g/mol. The molecule has 2 aromatic heterocycles. The van der Waals surface area contributed by atoms with Gasteiger partial charge in [-0.2, -0.15) is 0 Å². The molecule has 0 radical (unpaired) electrons. The first-order chi connectivity index (χ1) is 34.3. The Hall–Kier alpha value is -8.66. The first-order valence-electron chi connectivity index (χ1n) is 24.2. The zero-order valence-corrected chi connectivity index (χ0v) is 39.5. The van der Waals surface area contributed by atoms with E-state index in [2.05, 4.69) is 220 Å². The molecule has 0 amide bonds. The van der Waals surface area contributed by atoms with Gasteiger partial charge >= 0.3 is 0 Å². The number of nitrogens with zero attached hydrogens (tertiary/aromatic N) is 1. The maximum atomic E-state index is 6.60. The van der Waals surface area contributed by atoms with Crippen molar-refractivity contribution in [1.29, 1.82) is 0 Å². The standard InChI is InChI=1S/C67H49NO2/c1-42-39-45(49-24-14-26-56-51-20-10-12-28-61(51)69-65(49)56)19-16-38-68(60-37-32-46(40-58(42)60)50-25-15-27-57-52-21-11-13-29-62(52)70-66(50)57)48-34-30-44(31-35-48)63-53-22-8-9-23-54(53)64(43-17-6-5-7-18-43)59-41-47(67(2,3)4)33-36-55(59)63/h5-37,39-41H,1,38H2,2-4H3/b19-16-,45-39+. The van der Waals surface area contributed by atoms with Crippen LogP contribution in [0.1, 0.15) is 37.5 Å². The molecule has 0 saturated heterocycles. The van der Waals surface area contributed by atoms with Crippen molar-refractivity contribution in [3.8, 4) is 33.4 Å². The summed E-state index contributed by atoms with van der Waals surface area (Å²) in [6, 6.07) is 72.3. The lowest BCUT2D eigenvalue weighted by Gasteiger charge is -2.27. The Morgan fingerprint density at radius 1 is 0.443 bits per heavy atom. The van der Waals surface area contributed by atoms with E-state index in [9.17, 15) is 0 Å². The monoisotopic (exact) mass is 899 g/mol. The van der Waals surface area contributed by atoms with Crippen molar-refractivity contribution in [2.75, 3.05) is 11.4 Å². The van der Waals surface area contributed by atoms with Crippen molar-refractivity contribution in [1.82, 2.24) is 0 Å². The van der Waals surface area contributed by atoms with Gasteiger partial charge in [-0.1, -0.05) is 197 Å². The third-order valence-corrected chi connectivity index (χ3v) is 14.4. The zero-order chi connectivity index (χ0) is 47.1. The van der Waals surface area contributed by atoms with Crippen molar-refractivity contribution < 1.29 is 8.83 Å². The van der Waals surface area contributed by atoms with Gasteiger partial charge in [0.25, 0.3) is 0 Å². The highest BCUT2D eigenvalue weighted by Crippen LogP contribution is 2.47. The van der Waals surface area contributed by atoms with Crippen LogP contribution in [0.15, 0.2) is 234 Å². The summed E-state index contributed by atoms with van der Waals surface area (Å²) in [5.74, 6) is 0. The van der Waals surface area contributed by atoms with E-state index in [-0.39, 0.29) is 5.41 Å². The Morgan fingerprint density at radius 3 is 1.66 bits per heavy atom. The van der Waals surface area contributed by atoms with Crippen molar-refractivity contribution in [2.24, 2.45) is 0 Å². The molecule has 0 aliphatic carbocycles. The Morgan fingerprint density at radius 2 is 0.986 bits per heavy atom. The molecular formula is C67H49NO2. The van der Waals surface area contributed by atoms with E-state index in [1.807, 2.05) is 24.3 Å². The van der Waals surface area contributed by atoms with Crippen LogP contribution < -0.4 is 4.90 Å². The number of allylic oxidation sites excluding steroid dienone is 4. The van der Waals surface area contributed by atoms with Gasteiger partial charge in [0, 0.05) is 56.2 Å². The molecule has 0 bridgehead atoms. The van der Waals surface area contributed by atoms with Gasteiger partial charge in [-0.25, -0.2) is 0 Å². The second-order valence-electron chi connectivity index (χ2n) is 19.6. The van der Waals surface area contributed by atoms with Gasteiger partial charge < -0.3 is 13.7 Å². The minimum Gasteiger partial charge on any atom is -0.455 e. The van der Waals surface area contributed by atoms with E-state index in [0.29, 0.717) is 6.54 Å². The fraction of sp³-hybridized carbons (Fsp3) is 0.0746. The van der Waals surface area contributed by atoms with Crippen LogP contribution >= 0.6 is 0 Å². The lowest BCUT2D eigenvalue weighted by molar-refractivity contribution is 0.591. The summed E-state index contributed by atoms with van der Waals surface area (Å²) in [6.07, 6.45) is 6.72. The highest BCUT2D eigenvalue weighted by atomic mass is 16.3. The van der Waals surface area contributed by atoms with E-state index in [1.54, 1.807) is 0 Å². The van der Waals surface area contributed by atoms with Crippen LogP contribution in [0.5, 0.6) is 0 Å². The van der Waals surface area contributed by atoms with Gasteiger partial charge in [0.1, 0.15) is 22.3 Å². The Kier molecular flexibility index (Phi) is 9.64. The Balaban J connectivity index is 0.976. The number of rotatable bonds is 5. The number of hydrogen-bond donors (Lipinski definition) is 0. The third kappa shape index (κ3) is 6.80. The first kappa shape index (κ1) is 41.5. The number of furan rings is 2. The Bertz CT molecular complexity index is 4140. The van der Waals surface area contributed by atoms with E-state index in [4.69, 9.17) is 15.4 Å². The number of anilines is 2. The normalized spacial score (nSPS) is 14.5. The number of benzene rings is 10. The SMILES string of the molecule is C=C1/C=C(c2cccc3c2oc2ccccc23)\C=C/CN(c2ccc(-c3c4ccccc4c(-c4ccccc4)c4cc(C(C)(C)C)ccc34)cc2)c2ccc(-c3cccc4c3oc3ccccc34)cc21. The molecule has 3 nitrogen and oxygen atoms in total. The van der Waals surface area contributed by atoms with Crippen molar-refractivity contribution in [3.63, 3.8) is 0 Å². The summed E-state index contributed by atoms with van der Waals surface area (Å²) in [7, 11) is 0. The third-order valence-electron chi connectivity index (χ3n) is 14.4. The Labute approximate surface area is 407 Å². The van der Waals surface area contributed by atoms with Crippen LogP contribution in [0.2, 0.25) is 0 Å². The fourth-order valence-corrected chi connectivity index (χ4v) is 10.9. The van der Waals surface area contributed by atoms with Crippen LogP contribution in [0, 0.1) is 0 Å². The molecule has 0 spiro atoms. The van der Waals surface area contributed by atoms with Gasteiger partial charge in [-0.3, -0.25) is 0 Å². The molecule has 70 heavy (non-hydrogen) atoms. The average molecular weight is 900 g/mol. The maximum Gasteiger partial charge on any atom is 0.143 e. The quantitative estimate of drug-likeness (QED) is 0.161. The van der Waals surface area contributed by atoms with Gasteiger partial charge in [0.2, 0.25) is 0 Å². The van der Waals surface area contributed by atoms with Crippen molar-refractivity contribution in [2.45, 2.75) is 26.2 Å². The van der Waals surface area contributed by atoms with E-state index < -0.39 is 0 Å². The molecule has 0 atom stereocenters. The number of fused-ring (bicyclic) bond motifs is 9. The van der Waals surface area contributed by atoms with Crippen molar-refractivity contribution >= 4 is 87.9 Å². The lowest BCUT2D eigenvalue weighted by Crippen LogP contribution is -2.18. The summed E-state index contributed by atoms with van der Waals surface area (Å²) in [4.78, 5) is 2.41. The van der Waals surface area contributed by atoms with Gasteiger partial charge in [0.15, 0.2) is 0 Å². The fourth-order valence-electron chi connectivity index (χ4n) is 10.9. The molecule has 13 rings (SSSR count). The van der Waals surface area contributed by atoms with Crippen molar-refractivity contribution in [3.05, 3.63) is 242 Å². The molecule has 10 aromatic carbocycles. The second kappa shape index (κ2) is 16.3.